The van der Waals surface area contributed by atoms with Crippen molar-refractivity contribution in [1.29, 1.82) is 0 Å². The molecule has 4 nitrogen and oxygen atoms in total. The quantitative estimate of drug-likeness (QED) is 0.904. The third-order valence-electron chi connectivity index (χ3n) is 4.13. The fourth-order valence-electron chi connectivity index (χ4n) is 2.69. The van der Waals surface area contributed by atoms with Crippen LogP contribution >= 0.6 is 11.6 Å². The molecule has 0 aromatic heterocycles. The number of rotatable bonds is 5. The molecule has 1 saturated heterocycles. The van der Waals surface area contributed by atoms with Gasteiger partial charge in [-0.15, -0.1) is 0 Å². The summed E-state index contributed by atoms with van der Waals surface area (Å²) >= 11 is 5.97. The Morgan fingerprint density at radius 1 is 1.43 bits per heavy atom. The molecule has 1 aliphatic rings. The Bertz CT molecular complexity index is 472. The van der Waals surface area contributed by atoms with Crippen LogP contribution in [0.5, 0.6) is 0 Å². The smallest absolute Gasteiger partial charge is 0.236 e. The second-order valence-electron chi connectivity index (χ2n) is 5.83. The Hall–Kier alpha value is -1.10. The molecule has 21 heavy (non-hydrogen) atoms. The third-order valence-corrected chi connectivity index (χ3v) is 4.37. The van der Waals surface area contributed by atoms with Crippen molar-refractivity contribution in [1.82, 2.24) is 9.80 Å². The van der Waals surface area contributed by atoms with E-state index in [1.807, 2.05) is 31.3 Å². The fourth-order valence-corrected chi connectivity index (χ4v) is 2.90. The van der Waals surface area contributed by atoms with E-state index >= 15 is 0 Å². The molecule has 1 heterocycles. The zero-order valence-electron chi connectivity index (χ0n) is 12.6. The van der Waals surface area contributed by atoms with Crippen LogP contribution in [0, 0.1) is 5.92 Å². The zero-order valence-corrected chi connectivity index (χ0v) is 13.4. The first-order chi connectivity index (χ1) is 10.1. The molecule has 1 aromatic rings. The number of piperidine rings is 1. The predicted molar refractivity (Wildman–Crippen MR) is 86.1 cm³/mol. The zero-order chi connectivity index (χ0) is 15.2. The maximum atomic E-state index is 12.3. The number of carbonyl (C=O) groups excluding carboxylic acids is 1. The van der Waals surface area contributed by atoms with Gasteiger partial charge in [0.1, 0.15) is 0 Å². The van der Waals surface area contributed by atoms with Gasteiger partial charge in [-0.1, -0.05) is 23.7 Å². The SMILES string of the molecule is CN(Cc1cccc(Cl)c1)C(=O)CN1CCC(CN)CC1. The largest absolute Gasteiger partial charge is 0.340 e. The van der Waals surface area contributed by atoms with Crippen LogP contribution in [0.3, 0.4) is 0 Å². The summed E-state index contributed by atoms with van der Waals surface area (Å²) in [4.78, 5) is 16.3. The van der Waals surface area contributed by atoms with Crippen LogP contribution in [0.2, 0.25) is 5.02 Å². The van der Waals surface area contributed by atoms with Gasteiger partial charge < -0.3 is 10.6 Å². The Balaban J connectivity index is 1.80. The fraction of sp³-hybridized carbons (Fsp3) is 0.562. The maximum absolute atomic E-state index is 12.3. The lowest BCUT2D eigenvalue weighted by Crippen LogP contribution is -2.42. The Kier molecular flexibility index (Phi) is 6.03. The first-order valence-corrected chi connectivity index (χ1v) is 7.87. The minimum absolute atomic E-state index is 0.154. The number of likely N-dealkylation sites (N-methyl/N-ethyl adjacent to an activating group) is 1. The van der Waals surface area contributed by atoms with Gasteiger partial charge in [0, 0.05) is 18.6 Å². The van der Waals surface area contributed by atoms with Crippen molar-refractivity contribution in [3.63, 3.8) is 0 Å². The number of halogens is 1. The lowest BCUT2D eigenvalue weighted by molar-refractivity contribution is -0.132. The van der Waals surface area contributed by atoms with E-state index in [4.69, 9.17) is 17.3 Å². The van der Waals surface area contributed by atoms with Gasteiger partial charge in [0.25, 0.3) is 0 Å². The molecule has 1 fully saturated rings. The number of nitrogens with two attached hydrogens (primary N) is 1. The van der Waals surface area contributed by atoms with Gasteiger partial charge in [0.15, 0.2) is 0 Å². The summed E-state index contributed by atoms with van der Waals surface area (Å²) in [6, 6.07) is 7.64. The van der Waals surface area contributed by atoms with Crippen molar-refractivity contribution in [2.45, 2.75) is 19.4 Å². The molecule has 2 rings (SSSR count). The molecule has 0 aliphatic carbocycles. The van der Waals surface area contributed by atoms with E-state index < -0.39 is 0 Å². The van der Waals surface area contributed by atoms with Crippen LogP contribution in [-0.4, -0.2) is 48.9 Å². The van der Waals surface area contributed by atoms with Crippen LogP contribution in [0.1, 0.15) is 18.4 Å². The molecule has 0 radical (unpaired) electrons. The minimum Gasteiger partial charge on any atom is -0.340 e. The highest BCUT2D eigenvalue weighted by Gasteiger charge is 2.21. The van der Waals surface area contributed by atoms with Crippen LogP contribution in [-0.2, 0) is 11.3 Å². The topological polar surface area (TPSA) is 49.6 Å². The van der Waals surface area contributed by atoms with E-state index in [2.05, 4.69) is 4.90 Å². The third kappa shape index (κ3) is 4.99. The monoisotopic (exact) mass is 309 g/mol. The van der Waals surface area contributed by atoms with Crippen molar-refractivity contribution < 1.29 is 4.79 Å². The second kappa shape index (κ2) is 7.78. The highest BCUT2D eigenvalue weighted by Crippen LogP contribution is 2.16. The summed E-state index contributed by atoms with van der Waals surface area (Å²) < 4.78 is 0. The van der Waals surface area contributed by atoms with Crippen molar-refractivity contribution in [3.05, 3.63) is 34.9 Å². The molecule has 0 spiro atoms. The molecule has 0 bridgehead atoms. The van der Waals surface area contributed by atoms with E-state index in [1.165, 1.54) is 0 Å². The van der Waals surface area contributed by atoms with Gasteiger partial charge >= 0.3 is 0 Å². The standard InChI is InChI=1S/C16H24ClN3O/c1-19(11-14-3-2-4-15(17)9-14)16(21)12-20-7-5-13(10-18)6-8-20/h2-4,9,13H,5-8,10-12,18H2,1H3. The van der Waals surface area contributed by atoms with E-state index in [0.29, 0.717) is 24.0 Å². The summed E-state index contributed by atoms with van der Waals surface area (Å²) in [6.45, 7) is 3.79. The van der Waals surface area contributed by atoms with Crippen molar-refractivity contribution in [2.24, 2.45) is 11.7 Å². The number of hydrogen-bond acceptors (Lipinski definition) is 3. The van der Waals surface area contributed by atoms with Crippen molar-refractivity contribution in [3.8, 4) is 0 Å². The Morgan fingerprint density at radius 3 is 2.76 bits per heavy atom. The summed E-state index contributed by atoms with van der Waals surface area (Å²) in [5, 5.41) is 0.706. The van der Waals surface area contributed by atoms with Gasteiger partial charge in [0.05, 0.1) is 6.54 Å². The number of carbonyl (C=O) groups is 1. The van der Waals surface area contributed by atoms with E-state index in [0.717, 1.165) is 38.0 Å². The molecule has 1 amide bonds. The van der Waals surface area contributed by atoms with Crippen LogP contribution in [0.25, 0.3) is 0 Å². The first kappa shape index (κ1) is 16.3. The van der Waals surface area contributed by atoms with Crippen LogP contribution in [0.4, 0.5) is 0 Å². The van der Waals surface area contributed by atoms with Gasteiger partial charge in [-0.05, 0) is 56.1 Å². The molecule has 2 N–H and O–H groups in total. The summed E-state index contributed by atoms with van der Waals surface area (Å²) in [7, 11) is 1.84. The van der Waals surface area contributed by atoms with E-state index in [1.54, 1.807) is 4.90 Å². The normalized spacial score (nSPS) is 16.9. The number of hydrogen-bond donors (Lipinski definition) is 1. The van der Waals surface area contributed by atoms with Crippen LogP contribution in [0.15, 0.2) is 24.3 Å². The first-order valence-electron chi connectivity index (χ1n) is 7.49. The number of nitrogens with zero attached hydrogens (tertiary/aromatic N) is 2. The van der Waals surface area contributed by atoms with E-state index in [9.17, 15) is 4.79 Å². The highest BCUT2D eigenvalue weighted by atomic mass is 35.5. The van der Waals surface area contributed by atoms with Crippen LogP contribution < -0.4 is 5.73 Å². The van der Waals surface area contributed by atoms with Gasteiger partial charge in [0.2, 0.25) is 5.91 Å². The van der Waals surface area contributed by atoms with Crippen molar-refractivity contribution in [2.75, 3.05) is 33.2 Å². The summed E-state index contributed by atoms with van der Waals surface area (Å²) in [6.07, 6.45) is 2.20. The number of likely N-dealkylation sites (tertiary alicyclic amines) is 1. The number of amides is 1. The average Bonchev–Trinajstić information content (AvgIpc) is 2.48. The summed E-state index contributed by atoms with van der Waals surface area (Å²) in [5.74, 6) is 0.779. The molecular formula is C16H24ClN3O. The molecule has 116 valence electrons. The van der Waals surface area contributed by atoms with Gasteiger partial charge in [-0.2, -0.15) is 0 Å². The highest BCUT2D eigenvalue weighted by molar-refractivity contribution is 6.30. The minimum atomic E-state index is 0.154. The second-order valence-corrected chi connectivity index (χ2v) is 6.27. The lowest BCUT2D eigenvalue weighted by atomic mass is 9.97. The van der Waals surface area contributed by atoms with Gasteiger partial charge in [-0.3, -0.25) is 9.69 Å². The molecule has 0 saturated carbocycles. The van der Waals surface area contributed by atoms with Crippen molar-refractivity contribution >= 4 is 17.5 Å². The van der Waals surface area contributed by atoms with E-state index in [-0.39, 0.29) is 5.91 Å². The molecular weight excluding hydrogens is 286 g/mol. The lowest BCUT2D eigenvalue weighted by Gasteiger charge is -2.32. The molecule has 0 unspecified atom stereocenters. The molecule has 1 aromatic carbocycles. The average molecular weight is 310 g/mol. The Labute approximate surface area is 131 Å². The maximum Gasteiger partial charge on any atom is 0.236 e. The molecule has 5 heteroatoms. The van der Waals surface area contributed by atoms with Gasteiger partial charge in [-0.25, -0.2) is 0 Å². The number of benzene rings is 1. The summed E-state index contributed by atoms with van der Waals surface area (Å²) in [5.41, 5.74) is 6.75. The Morgan fingerprint density at radius 2 is 2.14 bits per heavy atom. The molecule has 0 atom stereocenters. The predicted octanol–water partition coefficient (Wildman–Crippen LogP) is 1.97. The molecule has 1 aliphatic heterocycles.